The van der Waals surface area contributed by atoms with Crippen LogP contribution >= 0.6 is 0 Å². The molecule has 1 saturated carbocycles. The number of imide groups is 1. The second kappa shape index (κ2) is 10.9. The lowest BCUT2D eigenvalue weighted by molar-refractivity contribution is -0.136. The van der Waals surface area contributed by atoms with Crippen molar-refractivity contribution in [3.8, 4) is 0 Å². The smallest absolute Gasteiger partial charge is 0.264 e. The first-order valence-electron chi connectivity index (χ1n) is 14.5. The molecule has 7 rings (SSSR count). The summed E-state index contributed by atoms with van der Waals surface area (Å²) in [6.45, 7) is 1.58. The maximum absolute atomic E-state index is 14.0. The van der Waals surface area contributed by atoms with E-state index in [1.807, 2.05) is 25.1 Å². The Morgan fingerprint density at radius 1 is 0.909 bits per heavy atom. The van der Waals surface area contributed by atoms with Crippen LogP contribution < -0.4 is 4.90 Å². The first-order valence-corrected chi connectivity index (χ1v) is 14.5. The van der Waals surface area contributed by atoms with E-state index < -0.39 is 41.7 Å². The summed E-state index contributed by atoms with van der Waals surface area (Å²) < 4.78 is 27.4. The predicted octanol–water partition coefficient (Wildman–Crippen LogP) is 5.39. The maximum atomic E-state index is 14.0. The third-order valence-electron chi connectivity index (χ3n) is 8.63. The Kier molecular flexibility index (Phi) is 6.87. The lowest BCUT2D eigenvalue weighted by Gasteiger charge is -2.30. The minimum Gasteiger partial charge on any atom is -0.271 e. The minimum atomic E-state index is -1.04. The van der Waals surface area contributed by atoms with Crippen molar-refractivity contribution < 1.29 is 23.2 Å². The van der Waals surface area contributed by atoms with E-state index in [0.717, 1.165) is 52.1 Å². The van der Waals surface area contributed by atoms with Crippen molar-refractivity contribution in [2.45, 2.75) is 44.3 Å². The Bertz CT molecular complexity index is 1740. The molecule has 4 atom stereocenters. The van der Waals surface area contributed by atoms with Gasteiger partial charge >= 0.3 is 0 Å². The van der Waals surface area contributed by atoms with Crippen molar-refractivity contribution in [1.29, 1.82) is 0 Å². The van der Waals surface area contributed by atoms with Crippen LogP contribution in [0.15, 0.2) is 93.8 Å². The van der Waals surface area contributed by atoms with Crippen LogP contribution in [-0.2, 0) is 14.4 Å². The van der Waals surface area contributed by atoms with Gasteiger partial charge in [-0.15, -0.1) is 0 Å². The van der Waals surface area contributed by atoms with E-state index in [2.05, 4.69) is 10.3 Å². The van der Waals surface area contributed by atoms with Crippen molar-refractivity contribution >= 4 is 35.2 Å². The Morgan fingerprint density at radius 2 is 1.59 bits per heavy atom. The Labute approximate surface area is 252 Å². The summed E-state index contributed by atoms with van der Waals surface area (Å²) in [5.41, 5.74) is 4.67. The number of allylic oxidation sites excluding steroid dienone is 1. The molecule has 0 radical (unpaired) electrons. The van der Waals surface area contributed by atoms with Gasteiger partial charge in [-0.2, -0.15) is 10.2 Å². The number of benzene rings is 3. The van der Waals surface area contributed by atoms with Gasteiger partial charge in [0.15, 0.2) is 12.1 Å². The fourth-order valence-electron chi connectivity index (χ4n) is 6.47. The summed E-state index contributed by atoms with van der Waals surface area (Å²) in [6, 6.07) is 16.6. The van der Waals surface area contributed by atoms with Gasteiger partial charge < -0.3 is 0 Å². The highest BCUT2D eigenvalue weighted by Crippen LogP contribution is 2.45. The molecule has 0 aromatic heterocycles. The van der Waals surface area contributed by atoms with Crippen LogP contribution in [-0.4, -0.2) is 52.1 Å². The maximum Gasteiger partial charge on any atom is 0.264 e. The van der Waals surface area contributed by atoms with Crippen LogP contribution in [0.2, 0.25) is 0 Å². The van der Waals surface area contributed by atoms with Crippen molar-refractivity contribution in [2.75, 3.05) is 11.4 Å². The third-order valence-corrected chi connectivity index (χ3v) is 8.63. The molecule has 3 aromatic carbocycles. The number of carbonyl (C=O) groups is 3. The zero-order valence-corrected chi connectivity index (χ0v) is 23.8. The van der Waals surface area contributed by atoms with Crippen molar-refractivity contribution in [2.24, 2.45) is 21.4 Å². The van der Waals surface area contributed by atoms with E-state index in [4.69, 9.17) is 5.10 Å². The summed E-state index contributed by atoms with van der Waals surface area (Å²) in [4.78, 5) is 41.7. The first-order chi connectivity index (χ1) is 21.3. The standard InChI is InChI=1S/C33H28F2N6O3/c1-19-5-15-25(16-6-19)40-32(43)29-31(33(40)44)39(38-36-29)18-27(42)41-30(21-9-13-24(35)14-10-21)26-4-2-3-22(28(26)37-41)17-20-7-11-23(34)12-8-20/h5-17,26,29-31H,2-4,18H2,1H3/b22-17+/t26-,29+,30-,31+/m0/s1. The zero-order chi connectivity index (χ0) is 30.5. The molecule has 3 heterocycles. The molecule has 3 aromatic rings. The molecular formula is C33H28F2N6O3. The minimum absolute atomic E-state index is 0.149. The van der Waals surface area contributed by atoms with Crippen LogP contribution in [0.5, 0.6) is 0 Å². The van der Waals surface area contributed by atoms with Crippen molar-refractivity contribution in [3.05, 3.63) is 107 Å². The average molecular weight is 595 g/mol. The summed E-state index contributed by atoms with van der Waals surface area (Å²) in [5.74, 6) is -2.29. The lowest BCUT2D eigenvalue weighted by Crippen LogP contribution is -2.45. The number of aryl methyl sites for hydroxylation is 1. The number of hydrazone groups is 1. The molecular weight excluding hydrogens is 566 g/mol. The average Bonchev–Trinajstić information content (AvgIpc) is 3.69. The monoisotopic (exact) mass is 594 g/mol. The summed E-state index contributed by atoms with van der Waals surface area (Å²) in [7, 11) is 0. The number of nitrogens with zero attached hydrogens (tertiary/aromatic N) is 6. The quantitative estimate of drug-likeness (QED) is 0.370. The fourth-order valence-corrected chi connectivity index (χ4v) is 6.47. The number of fused-ring (bicyclic) bond motifs is 2. The highest BCUT2D eigenvalue weighted by atomic mass is 19.1. The SMILES string of the molecule is Cc1ccc(N2C(=O)[C@@H]3N=NN(CC(=O)N4N=C5/C(=C/c6ccc(F)cc6)CCC[C@@H]5[C@@H]4c4ccc(F)cc4)[C@H]3C2=O)cc1. The first kappa shape index (κ1) is 27.8. The van der Waals surface area contributed by atoms with Gasteiger partial charge in [-0.3, -0.25) is 19.4 Å². The third kappa shape index (κ3) is 4.78. The number of halogens is 2. The molecule has 9 nitrogen and oxygen atoms in total. The van der Waals surface area contributed by atoms with Crippen LogP contribution in [0, 0.1) is 24.5 Å². The molecule has 0 spiro atoms. The van der Waals surface area contributed by atoms with Crippen LogP contribution in [0.25, 0.3) is 6.08 Å². The van der Waals surface area contributed by atoms with Crippen LogP contribution in [0.4, 0.5) is 14.5 Å². The van der Waals surface area contributed by atoms with Gasteiger partial charge in [0.1, 0.15) is 18.2 Å². The fraction of sp³-hybridized carbons (Fsp3) is 0.273. The molecule has 0 unspecified atom stereocenters. The van der Waals surface area contributed by atoms with Gasteiger partial charge in [0.25, 0.3) is 17.7 Å². The Hall–Kier alpha value is -5.06. The summed E-state index contributed by atoms with van der Waals surface area (Å²) in [5, 5.41) is 15.6. The second-order valence-corrected chi connectivity index (χ2v) is 11.5. The molecule has 1 aliphatic carbocycles. The molecule has 1 saturated heterocycles. The molecule has 0 N–H and O–H groups in total. The molecule has 11 heteroatoms. The van der Waals surface area contributed by atoms with Crippen molar-refractivity contribution in [1.82, 2.24) is 10.0 Å². The number of rotatable bonds is 5. The van der Waals surface area contributed by atoms with E-state index >= 15 is 0 Å². The molecule has 44 heavy (non-hydrogen) atoms. The Balaban J connectivity index is 1.18. The van der Waals surface area contributed by atoms with Gasteiger partial charge in [0.2, 0.25) is 0 Å². The van der Waals surface area contributed by atoms with Gasteiger partial charge in [-0.25, -0.2) is 18.7 Å². The highest BCUT2D eigenvalue weighted by molar-refractivity contribution is 6.25. The van der Waals surface area contributed by atoms with E-state index in [9.17, 15) is 23.2 Å². The normalized spacial score (nSPS) is 25.1. The topological polar surface area (TPSA) is 98.0 Å². The highest BCUT2D eigenvalue weighted by Gasteiger charge is 2.55. The predicted molar refractivity (Wildman–Crippen MR) is 158 cm³/mol. The zero-order valence-electron chi connectivity index (χ0n) is 23.8. The van der Waals surface area contributed by atoms with E-state index in [1.165, 1.54) is 34.3 Å². The number of amides is 3. The van der Waals surface area contributed by atoms with Crippen LogP contribution in [0.1, 0.15) is 42.0 Å². The van der Waals surface area contributed by atoms with Crippen LogP contribution in [0.3, 0.4) is 0 Å². The number of hydrogen-bond acceptors (Lipinski definition) is 7. The number of carbonyl (C=O) groups excluding carboxylic acids is 3. The number of hydrogen-bond donors (Lipinski definition) is 0. The summed E-state index contributed by atoms with van der Waals surface area (Å²) in [6.07, 6.45) is 4.31. The van der Waals surface area contributed by atoms with E-state index in [1.54, 1.807) is 36.4 Å². The van der Waals surface area contributed by atoms with Gasteiger partial charge in [-0.1, -0.05) is 47.2 Å². The second-order valence-electron chi connectivity index (χ2n) is 11.5. The molecule has 222 valence electrons. The summed E-state index contributed by atoms with van der Waals surface area (Å²) >= 11 is 0. The molecule has 3 amide bonds. The van der Waals surface area contributed by atoms with Gasteiger partial charge in [0.05, 0.1) is 17.4 Å². The van der Waals surface area contributed by atoms with Crippen molar-refractivity contribution in [3.63, 3.8) is 0 Å². The molecule has 2 fully saturated rings. The number of anilines is 1. The Morgan fingerprint density at radius 3 is 2.30 bits per heavy atom. The lowest BCUT2D eigenvalue weighted by atomic mass is 9.77. The molecule has 0 bridgehead atoms. The van der Waals surface area contributed by atoms with Gasteiger partial charge in [-0.05, 0) is 85.4 Å². The van der Waals surface area contributed by atoms with E-state index in [-0.39, 0.29) is 18.3 Å². The van der Waals surface area contributed by atoms with E-state index in [0.29, 0.717) is 5.69 Å². The van der Waals surface area contributed by atoms with Gasteiger partial charge in [0, 0.05) is 5.92 Å². The molecule has 3 aliphatic heterocycles. The molecule has 4 aliphatic rings. The largest absolute Gasteiger partial charge is 0.271 e.